The summed E-state index contributed by atoms with van der Waals surface area (Å²) in [7, 11) is 3.02. The van der Waals surface area contributed by atoms with E-state index < -0.39 is 29.8 Å². The van der Waals surface area contributed by atoms with Crippen molar-refractivity contribution in [2.24, 2.45) is 10.3 Å². The smallest absolute Gasteiger partial charge is 0.263 e. The van der Waals surface area contributed by atoms with Crippen LogP contribution in [0.2, 0.25) is 0 Å². The number of fused-ring (bicyclic) bond motifs is 1. The highest BCUT2D eigenvalue weighted by Gasteiger charge is 2.55. The molecule has 2 atom stereocenters. The van der Waals surface area contributed by atoms with Crippen LogP contribution in [-0.4, -0.2) is 55.6 Å². The number of nitrogens with one attached hydrogen (secondary N) is 1. The fourth-order valence-electron chi connectivity index (χ4n) is 3.75. The maximum absolute atomic E-state index is 13.0. The van der Waals surface area contributed by atoms with Crippen LogP contribution in [-0.2, 0) is 20.8 Å². The Hall–Kier alpha value is -3.95. The zero-order valence-electron chi connectivity index (χ0n) is 17.9. The first-order chi connectivity index (χ1) is 15.5. The average molecular weight is 437 g/mol. The molecule has 0 saturated carbocycles. The number of aryl methyl sites for hydroxylation is 1. The van der Waals surface area contributed by atoms with Gasteiger partial charge in [0.15, 0.2) is 23.6 Å². The van der Waals surface area contributed by atoms with Gasteiger partial charge in [-0.05, 0) is 36.2 Å². The molecule has 4 rings (SSSR count). The number of hydrogen-bond donors (Lipinski definition) is 1. The third kappa shape index (κ3) is 3.75. The van der Waals surface area contributed by atoms with E-state index in [0.29, 0.717) is 22.9 Å². The van der Waals surface area contributed by atoms with Crippen molar-refractivity contribution in [1.82, 2.24) is 5.01 Å². The molecular weight excluding hydrogens is 414 g/mol. The van der Waals surface area contributed by atoms with Gasteiger partial charge >= 0.3 is 0 Å². The van der Waals surface area contributed by atoms with Gasteiger partial charge in [0, 0.05) is 11.8 Å². The standard InChI is InChI=1S/C22H23N5O5/c1-4-13-5-8-15(9-6-13)27-21(29)19-20(22(27)30)26(25-24-19)12-18(28)23-14-7-10-16(31-2)17(11-14)32-3/h5-11,19-20H,4,12H2,1-3H3,(H,23,28)/t19-,20-/m1/s1. The first-order valence-corrected chi connectivity index (χ1v) is 10.1. The number of imide groups is 1. The topological polar surface area (TPSA) is 113 Å². The molecule has 0 spiro atoms. The van der Waals surface area contributed by atoms with Crippen LogP contribution >= 0.6 is 0 Å². The van der Waals surface area contributed by atoms with E-state index in [2.05, 4.69) is 15.7 Å². The van der Waals surface area contributed by atoms with Crippen LogP contribution in [0.1, 0.15) is 12.5 Å². The van der Waals surface area contributed by atoms with Gasteiger partial charge in [-0.15, -0.1) is 0 Å². The zero-order chi connectivity index (χ0) is 22.8. The van der Waals surface area contributed by atoms with Crippen molar-refractivity contribution in [2.75, 3.05) is 31.0 Å². The number of carbonyl (C=O) groups excluding carboxylic acids is 3. The molecule has 0 unspecified atom stereocenters. The molecule has 0 radical (unpaired) electrons. The normalized spacial score (nSPS) is 19.3. The molecule has 166 valence electrons. The van der Waals surface area contributed by atoms with E-state index in [1.165, 1.54) is 19.2 Å². The summed E-state index contributed by atoms with van der Waals surface area (Å²) >= 11 is 0. The molecule has 10 nitrogen and oxygen atoms in total. The van der Waals surface area contributed by atoms with Crippen molar-refractivity contribution >= 4 is 29.1 Å². The van der Waals surface area contributed by atoms with E-state index in [9.17, 15) is 14.4 Å². The molecule has 2 aromatic carbocycles. The second-order valence-electron chi connectivity index (χ2n) is 7.34. The second kappa shape index (κ2) is 8.66. The highest BCUT2D eigenvalue weighted by atomic mass is 16.5. The Bertz CT molecular complexity index is 1080. The Labute approximate surface area is 184 Å². The number of methoxy groups -OCH3 is 2. The Kier molecular flexibility index (Phi) is 5.76. The summed E-state index contributed by atoms with van der Waals surface area (Å²) in [6, 6.07) is 10.3. The van der Waals surface area contributed by atoms with Crippen LogP contribution in [0.25, 0.3) is 0 Å². The lowest BCUT2D eigenvalue weighted by Crippen LogP contribution is -2.43. The molecule has 0 aromatic heterocycles. The number of anilines is 2. The first-order valence-electron chi connectivity index (χ1n) is 10.1. The Morgan fingerprint density at radius 3 is 2.41 bits per heavy atom. The van der Waals surface area contributed by atoms with Gasteiger partial charge in [-0.25, -0.2) is 4.90 Å². The van der Waals surface area contributed by atoms with Crippen molar-refractivity contribution in [2.45, 2.75) is 25.4 Å². The number of ether oxygens (including phenoxy) is 2. The predicted octanol–water partition coefficient (Wildman–Crippen LogP) is 2.20. The van der Waals surface area contributed by atoms with Crippen LogP contribution in [0.3, 0.4) is 0 Å². The lowest BCUT2D eigenvalue weighted by Gasteiger charge is -2.20. The van der Waals surface area contributed by atoms with Crippen LogP contribution in [0.4, 0.5) is 11.4 Å². The largest absolute Gasteiger partial charge is 0.493 e. The van der Waals surface area contributed by atoms with Crippen LogP contribution in [0.15, 0.2) is 52.8 Å². The van der Waals surface area contributed by atoms with Crippen molar-refractivity contribution in [1.29, 1.82) is 0 Å². The van der Waals surface area contributed by atoms with Gasteiger partial charge in [-0.1, -0.05) is 24.3 Å². The fraction of sp³-hybridized carbons (Fsp3) is 0.318. The van der Waals surface area contributed by atoms with E-state index >= 15 is 0 Å². The fourth-order valence-corrected chi connectivity index (χ4v) is 3.75. The summed E-state index contributed by atoms with van der Waals surface area (Å²) in [5.41, 5.74) is 2.07. The van der Waals surface area contributed by atoms with E-state index in [4.69, 9.17) is 9.47 Å². The van der Waals surface area contributed by atoms with Gasteiger partial charge in [0.05, 0.1) is 19.9 Å². The second-order valence-corrected chi connectivity index (χ2v) is 7.34. The van der Waals surface area contributed by atoms with E-state index in [0.717, 1.165) is 16.9 Å². The number of nitrogens with zero attached hydrogens (tertiary/aromatic N) is 4. The highest BCUT2D eigenvalue weighted by molar-refractivity contribution is 6.25. The van der Waals surface area contributed by atoms with Crippen molar-refractivity contribution in [3.05, 3.63) is 48.0 Å². The highest BCUT2D eigenvalue weighted by Crippen LogP contribution is 2.32. The maximum Gasteiger partial charge on any atom is 0.263 e. The minimum Gasteiger partial charge on any atom is -0.493 e. The lowest BCUT2D eigenvalue weighted by molar-refractivity contribution is -0.123. The average Bonchev–Trinajstić information content (AvgIpc) is 3.32. The summed E-state index contributed by atoms with van der Waals surface area (Å²) in [4.78, 5) is 39.5. The molecule has 0 bridgehead atoms. The molecule has 1 saturated heterocycles. The molecule has 2 heterocycles. The summed E-state index contributed by atoms with van der Waals surface area (Å²) in [5, 5.41) is 11.8. The molecule has 10 heteroatoms. The summed E-state index contributed by atoms with van der Waals surface area (Å²) in [6.45, 7) is 1.79. The third-order valence-corrected chi connectivity index (χ3v) is 5.43. The van der Waals surface area contributed by atoms with Gasteiger partial charge < -0.3 is 14.8 Å². The number of rotatable bonds is 7. The Balaban J connectivity index is 1.46. The van der Waals surface area contributed by atoms with Crippen LogP contribution in [0, 0.1) is 0 Å². The van der Waals surface area contributed by atoms with Gasteiger partial charge in [0.1, 0.15) is 6.54 Å². The minimum atomic E-state index is -0.956. The monoisotopic (exact) mass is 437 g/mol. The number of carbonyl (C=O) groups is 3. The van der Waals surface area contributed by atoms with E-state index in [1.807, 2.05) is 19.1 Å². The SMILES string of the molecule is CCc1ccc(N2C(=O)[C@@H]3N=NN(CC(=O)Nc4ccc(OC)c(OC)c4)[C@H]3C2=O)cc1. The quantitative estimate of drug-likeness (QED) is 0.665. The molecule has 2 aliphatic rings. The maximum atomic E-state index is 13.0. The van der Waals surface area contributed by atoms with Crippen LogP contribution < -0.4 is 19.7 Å². The number of amides is 3. The first kappa shape index (κ1) is 21.3. The summed E-state index contributed by atoms with van der Waals surface area (Å²) in [6.07, 6.45) is 0.852. The molecule has 32 heavy (non-hydrogen) atoms. The molecule has 2 aromatic rings. The third-order valence-electron chi connectivity index (χ3n) is 5.43. The van der Waals surface area contributed by atoms with Crippen molar-refractivity contribution < 1.29 is 23.9 Å². The van der Waals surface area contributed by atoms with Crippen molar-refractivity contribution in [3.63, 3.8) is 0 Å². The van der Waals surface area contributed by atoms with E-state index in [-0.39, 0.29) is 6.54 Å². The van der Waals surface area contributed by atoms with Crippen molar-refractivity contribution in [3.8, 4) is 11.5 Å². The number of benzene rings is 2. The summed E-state index contributed by atoms with van der Waals surface area (Å²) < 4.78 is 10.4. The summed E-state index contributed by atoms with van der Waals surface area (Å²) in [5.74, 6) is -0.317. The Morgan fingerprint density at radius 2 is 1.75 bits per heavy atom. The van der Waals surface area contributed by atoms with Gasteiger partial charge in [-0.2, -0.15) is 5.11 Å². The molecule has 1 N–H and O–H groups in total. The minimum absolute atomic E-state index is 0.235. The lowest BCUT2D eigenvalue weighted by atomic mass is 10.1. The van der Waals surface area contributed by atoms with Gasteiger partial charge in [0.25, 0.3) is 11.8 Å². The molecule has 0 aliphatic carbocycles. The molecule has 1 fully saturated rings. The van der Waals surface area contributed by atoms with Gasteiger partial charge in [0.2, 0.25) is 5.91 Å². The zero-order valence-corrected chi connectivity index (χ0v) is 17.9. The molecule has 3 amide bonds. The van der Waals surface area contributed by atoms with Crippen LogP contribution in [0.5, 0.6) is 11.5 Å². The molecule has 2 aliphatic heterocycles. The number of hydrogen-bond acceptors (Lipinski definition) is 8. The Morgan fingerprint density at radius 1 is 1.03 bits per heavy atom. The van der Waals surface area contributed by atoms with Gasteiger partial charge in [-0.3, -0.25) is 19.4 Å². The van der Waals surface area contributed by atoms with E-state index in [1.54, 1.807) is 30.3 Å². The predicted molar refractivity (Wildman–Crippen MR) is 116 cm³/mol. The molecular formula is C22H23N5O5.